The Morgan fingerprint density at radius 1 is 1.04 bits per heavy atom. The van der Waals surface area contributed by atoms with Gasteiger partial charge in [0.05, 0.1) is 33.3 Å². The summed E-state index contributed by atoms with van der Waals surface area (Å²) < 4.78 is 16.4. The first kappa shape index (κ1) is 17.7. The molecule has 0 aliphatic carbocycles. The molecular formula is C20H22N2O4. The van der Waals surface area contributed by atoms with E-state index in [1.54, 1.807) is 33.3 Å². The fourth-order valence-electron chi connectivity index (χ4n) is 3.04. The molecule has 1 heterocycles. The predicted octanol–water partition coefficient (Wildman–Crippen LogP) is 3.40. The number of hydrogen-bond donors (Lipinski definition) is 1. The molecule has 6 heteroatoms. The van der Waals surface area contributed by atoms with Gasteiger partial charge in [-0.15, -0.1) is 0 Å². The average Bonchev–Trinajstić information content (AvgIpc) is 3.08. The molecule has 0 fully saturated rings. The van der Waals surface area contributed by atoms with E-state index in [0.717, 1.165) is 22.2 Å². The quantitative estimate of drug-likeness (QED) is 0.737. The summed E-state index contributed by atoms with van der Waals surface area (Å²) in [6.07, 6.45) is 2.06. The molecule has 0 saturated carbocycles. The van der Waals surface area contributed by atoms with Gasteiger partial charge in [0.25, 0.3) is 0 Å². The van der Waals surface area contributed by atoms with Gasteiger partial charge in [0.1, 0.15) is 0 Å². The third-order valence-corrected chi connectivity index (χ3v) is 4.41. The summed E-state index contributed by atoms with van der Waals surface area (Å²) in [4.78, 5) is 17.6. The number of aromatic amines is 1. The zero-order valence-electron chi connectivity index (χ0n) is 15.3. The van der Waals surface area contributed by atoms with E-state index in [1.807, 2.05) is 42.6 Å². The van der Waals surface area contributed by atoms with Crippen molar-refractivity contribution in [3.8, 4) is 17.2 Å². The van der Waals surface area contributed by atoms with E-state index in [9.17, 15) is 4.79 Å². The molecule has 0 spiro atoms. The number of benzene rings is 2. The van der Waals surface area contributed by atoms with Gasteiger partial charge >= 0.3 is 0 Å². The number of carbonyl (C=O) groups excluding carboxylic acids is 1. The minimum atomic E-state index is -0.0195. The second-order valence-corrected chi connectivity index (χ2v) is 5.85. The number of carbonyl (C=O) groups is 1. The number of likely N-dealkylation sites (N-methyl/N-ethyl adjacent to an activating group) is 1. The minimum absolute atomic E-state index is 0.0195. The van der Waals surface area contributed by atoms with E-state index in [4.69, 9.17) is 14.2 Å². The highest BCUT2D eigenvalue weighted by Gasteiger charge is 2.22. The van der Waals surface area contributed by atoms with Crippen LogP contribution in [0.25, 0.3) is 10.9 Å². The van der Waals surface area contributed by atoms with Crippen molar-refractivity contribution in [3.05, 3.63) is 48.2 Å². The maximum Gasteiger partial charge on any atom is 0.231 e. The van der Waals surface area contributed by atoms with Crippen molar-refractivity contribution in [2.24, 2.45) is 0 Å². The number of hydrogen-bond acceptors (Lipinski definition) is 4. The lowest BCUT2D eigenvalue weighted by molar-refractivity contribution is -0.117. The summed E-state index contributed by atoms with van der Waals surface area (Å²) >= 11 is 0. The molecule has 0 saturated heterocycles. The SMILES string of the molecule is COc1cc2[nH]cc(CC(=O)N(C)c3ccccc3)c2c(OC)c1OC. The third-order valence-electron chi connectivity index (χ3n) is 4.41. The Morgan fingerprint density at radius 3 is 2.35 bits per heavy atom. The molecule has 0 aliphatic rings. The van der Waals surface area contributed by atoms with Gasteiger partial charge < -0.3 is 24.1 Å². The van der Waals surface area contributed by atoms with Crippen LogP contribution in [-0.4, -0.2) is 39.3 Å². The highest BCUT2D eigenvalue weighted by Crippen LogP contribution is 2.44. The number of aromatic nitrogens is 1. The standard InChI is InChI=1S/C20H22N2O4/c1-22(14-8-6-5-7-9-14)17(23)10-13-12-21-15-11-16(24-2)19(25-3)20(26-4)18(13)15/h5-9,11-12,21H,10H2,1-4H3. The topological polar surface area (TPSA) is 63.8 Å². The van der Waals surface area contributed by atoms with Gasteiger partial charge in [0.2, 0.25) is 11.7 Å². The Labute approximate surface area is 152 Å². The van der Waals surface area contributed by atoms with Crippen LogP contribution in [0.15, 0.2) is 42.6 Å². The van der Waals surface area contributed by atoms with Crippen LogP contribution in [0.1, 0.15) is 5.56 Å². The largest absolute Gasteiger partial charge is 0.493 e. The molecule has 3 rings (SSSR count). The Bertz CT molecular complexity index is 918. The van der Waals surface area contributed by atoms with E-state index in [0.29, 0.717) is 17.2 Å². The lowest BCUT2D eigenvalue weighted by Crippen LogP contribution is -2.27. The molecule has 6 nitrogen and oxygen atoms in total. The molecule has 1 aromatic heterocycles. The molecule has 0 aliphatic heterocycles. The van der Waals surface area contributed by atoms with E-state index < -0.39 is 0 Å². The molecule has 26 heavy (non-hydrogen) atoms. The van der Waals surface area contributed by atoms with Crippen molar-refractivity contribution in [2.75, 3.05) is 33.3 Å². The second kappa shape index (κ2) is 7.39. The second-order valence-electron chi connectivity index (χ2n) is 5.85. The van der Waals surface area contributed by atoms with Crippen LogP contribution < -0.4 is 19.1 Å². The monoisotopic (exact) mass is 354 g/mol. The highest BCUT2D eigenvalue weighted by atomic mass is 16.5. The Kier molecular flexibility index (Phi) is 5.02. The average molecular weight is 354 g/mol. The molecular weight excluding hydrogens is 332 g/mol. The van der Waals surface area contributed by atoms with Crippen molar-refractivity contribution in [1.82, 2.24) is 4.98 Å². The van der Waals surface area contributed by atoms with Gasteiger partial charge in [0.15, 0.2) is 11.5 Å². The maximum atomic E-state index is 12.7. The van der Waals surface area contributed by atoms with Crippen molar-refractivity contribution < 1.29 is 19.0 Å². The van der Waals surface area contributed by atoms with Crippen LogP contribution in [-0.2, 0) is 11.2 Å². The highest BCUT2D eigenvalue weighted by molar-refractivity contribution is 6.00. The number of fused-ring (bicyclic) bond motifs is 1. The number of methoxy groups -OCH3 is 3. The number of anilines is 1. The third kappa shape index (κ3) is 3.06. The first-order valence-electron chi connectivity index (χ1n) is 8.21. The normalized spacial score (nSPS) is 10.6. The van der Waals surface area contributed by atoms with Gasteiger partial charge in [-0.1, -0.05) is 18.2 Å². The van der Waals surface area contributed by atoms with Crippen molar-refractivity contribution in [2.45, 2.75) is 6.42 Å². The Hall–Kier alpha value is -3.15. The summed E-state index contributed by atoms with van der Waals surface area (Å²) in [6.45, 7) is 0. The molecule has 1 N–H and O–H groups in total. The summed E-state index contributed by atoms with van der Waals surface area (Å²) in [5.41, 5.74) is 2.51. The van der Waals surface area contributed by atoms with Crippen molar-refractivity contribution >= 4 is 22.5 Å². The lowest BCUT2D eigenvalue weighted by atomic mass is 10.1. The zero-order chi connectivity index (χ0) is 18.7. The van der Waals surface area contributed by atoms with Gasteiger partial charge in [0, 0.05) is 30.4 Å². The molecule has 2 aromatic carbocycles. The summed E-state index contributed by atoms with van der Waals surface area (Å²) in [5, 5.41) is 0.819. The van der Waals surface area contributed by atoms with Crippen LogP contribution in [0, 0.1) is 0 Å². The summed E-state index contributed by atoms with van der Waals surface area (Å²) in [6, 6.07) is 11.4. The van der Waals surface area contributed by atoms with Gasteiger partial charge in [-0.3, -0.25) is 4.79 Å². The van der Waals surface area contributed by atoms with Crippen LogP contribution in [0.4, 0.5) is 5.69 Å². The fraction of sp³-hybridized carbons (Fsp3) is 0.250. The molecule has 0 radical (unpaired) electrons. The number of para-hydroxylation sites is 1. The number of H-pyrrole nitrogens is 1. The fourth-order valence-corrected chi connectivity index (χ4v) is 3.04. The van der Waals surface area contributed by atoms with E-state index in [-0.39, 0.29) is 12.3 Å². The smallest absolute Gasteiger partial charge is 0.231 e. The number of amides is 1. The van der Waals surface area contributed by atoms with Gasteiger partial charge in [-0.05, 0) is 17.7 Å². The number of ether oxygens (including phenoxy) is 3. The molecule has 0 atom stereocenters. The van der Waals surface area contributed by atoms with Gasteiger partial charge in [-0.25, -0.2) is 0 Å². The molecule has 136 valence electrons. The number of nitrogens with zero attached hydrogens (tertiary/aromatic N) is 1. The Morgan fingerprint density at radius 2 is 1.73 bits per heavy atom. The lowest BCUT2D eigenvalue weighted by Gasteiger charge is -2.18. The maximum absolute atomic E-state index is 12.7. The van der Waals surface area contributed by atoms with Crippen molar-refractivity contribution in [3.63, 3.8) is 0 Å². The zero-order valence-corrected chi connectivity index (χ0v) is 15.3. The molecule has 1 amide bonds. The number of rotatable bonds is 6. The first-order valence-corrected chi connectivity index (χ1v) is 8.21. The van der Waals surface area contributed by atoms with E-state index in [1.165, 1.54) is 0 Å². The predicted molar refractivity (Wildman–Crippen MR) is 102 cm³/mol. The first-order chi connectivity index (χ1) is 12.6. The number of nitrogens with one attached hydrogen (secondary N) is 1. The van der Waals surface area contributed by atoms with Crippen LogP contribution in [0.2, 0.25) is 0 Å². The van der Waals surface area contributed by atoms with E-state index >= 15 is 0 Å². The summed E-state index contributed by atoms with van der Waals surface area (Å²) in [7, 11) is 6.48. The summed E-state index contributed by atoms with van der Waals surface area (Å²) in [5.74, 6) is 1.60. The molecule has 0 unspecified atom stereocenters. The van der Waals surface area contributed by atoms with Crippen molar-refractivity contribution in [1.29, 1.82) is 0 Å². The van der Waals surface area contributed by atoms with E-state index in [2.05, 4.69) is 4.98 Å². The molecule has 0 bridgehead atoms. The Balaban J connectivity index is 1.99. The minimum Gasteiger partial charge on any atom is -0.493 e. The van der Waals surface area contributed by atoms with Crippen LogP contribution in [0.3, 0.4) is 0 Å². The van der Waals surface area contributed by atoms with Crippen LogP contribution in [0.5, 0.6) is 17.2 Å². The van der Waals surface area contributed by atoms with Gasteiger partial charge in [-0.2, -0.15) is 0 Å². The molecule has 3 aromatic rings. The van der Waals surface area contributed by atoms with Crippen LogP contribution >= 0.6 is 0 Å².